The van der Waals surface area contributed by atoms with Gasteiger partial charge in [0.15, 0.2) is 0 Å². The van der Waals surface area contributed by atoms with Crippen LogP contribution in [0.25, 0.3) is 22.2 Å². The summed E-state index contributed by atoms with van der Waals surface area (Å²) in [5, 5.41) is 11.2. The van der Waals surface area contributed by atoms with E-state index in [0.717, 1.165) is 10.9 Å². The summed E-state index contributed by atoms with van der Waals surface area (Å²) < 4.78 is 12.3. The van der Waals surface area contributed by atoms with Gasteiger partial charge in [0.1, 0.15) is 23.9 Å². The lowest BCUT2D eigenvalue weighted by molar-refractivity contribution is 0.371. The standard InChI is InChI=1S/C28H26N2O4/c1-5-14-34-23-12-13-25-24(15-23)27(20-8-6-19(7-9-20)18(2)3)29-28(32)30(25)17-21-10-11-22(33-4)16-26(21)31/h1,6-13,15-16,18,31H,14,17H2,2-4H3. The lowest BCUT2D eigenvalue weighted by Gasteiger charge is -2.15. The van der Waals surface area contributed by atoms with Gasteiger partial charge in [0.05, 0.1) is 24.9 Å². The van der Waals surface area contributed by atoms with Gasteiger partial charge in [-0.1, -0.05) is 44.0 Å². The van der Waals surface area contributed by atoms with Crippen molar-refractivity contribution in [1.29, 1.82) is 0 Å². The highest BCUT2D eigenvalue weighted by Crippen LogP contribution is 2.31. The molecule has 34 heavy (non-hydrogen) atoms. The Morgan fingerprint density at radius 3 is 2.44 bits per heavy atom. The summed E-state index contributed by atoms with van der Waals surface area (Å²) >= 11 is 0. The molecule has 1 heterocycles. The Morgan fingerprint density at radius 2 is 1.79 bits per heavy atom. The zero-order valence-corrected chi connectivity index (χ0v) is 19.4. The van der Waals surface area contributed by atoms with Gasteiger partial charge in [0, 0.05) is 22.6 Å². The van der Waals surface area contributed by atoms with Crippen molar-refractivity contribution in [2.75, 3.05) is 13.7 Å². The fraction of sp³-hybridized carbons (Fsp3) is 0.214. The van der Waals surface area contributed by atoms with Gasteiger partial charge >= 0.3 is 5.69 Å². The van der Waals surface area contributed by atoms with Gasteiger partial charge in [-0.15, -0.1) is 6.42 Å². The largest absolute Gasteiger partial charge is 0.507 e. The fourth-order valence-electron chi connectivity index (χ4n) is 3.85. The van der Waals surface area contributed by atoms with Crippen molar-refractivity contribution in [3.05, 3.63) is 82.3 Å². The fourth-order valence-corrected chi connectivity index (χ4v) is 3.85. The third-order valence-corrected chi connectivity index (χ3v) is 5.75. The van der Waals surface area contributed by atoms with Crippen LogP contribution in [0.5, 0.6) is 17.2 Å². The monoisotopic (exact) mass is 454 g/mol. The minimum atomic E-state index is -0.414. The predicted octanol–water partition coefficient (Wildman–Crippen LogP) is 4.96. The summed E-state index contributed by atoms with van der Waals surface area (Å²) in [5.41, 5.74) is 3.44. The van der Waals surface area contributed by atoms with Crippen molar-refractivity contribution in [2.45, 2.75) is 26.3 Å². The minimum absolute atomic E-state index is 0.0433. The molecule has 0 aliphatic carbocycles. The summed E-state index contributed by atoms with van der Waals surface area (Å²) in [7, 11) is 1.53. The number of fused-ring (bicyclic) bond motifs is 1. The van der Waals surface area contributed by atoms with Gasteiger partial charge in [-0.3, -0.25) is 4.57 Å². The number of hydrogen-bond donors (Lipinski definition) is 1. The van der Waals surface area contributed by atoms with E-state index in [1.807, 2.05) is 36.4 Å². The third-order valence-electron chi connectivity index (χ3n) is 5.75. The molecule has 0 bridgehead atoms. The molecular formula is C28H26N2O4. The molecule has 0 unspecified atom stereocenters. The topological polar surface area (TPSA) is 73.6 Å². The highest BCUT2D eigenvalue weighted by atomic mass is 16.5. The van der Waals surface area contributed by atoms with E-state index in [1.54, 1.807) is 18.2 Å². The van der Waals surface area contributed by atoms with E-state index >= 15 is 0 Å². The number of aromatic nitrogens is 2. The van der Waals surface area contributed by atoms with Crippen LogP contribution in [-0.2, 0) is 6.54 Å². The van der Waals surface area contributed by atoms with Gasteiger partial charge in [0.2, 0.25) is 0 Å². The number of methoxy groups -OCH3 is 1. The molecule has 172 valence electrons. The Kier molecular flexibility index (Phi) is 6.55. The van der Waals surface area contributed by atoms with Crippen LogP contribution < -0.4 is 15.2 Å². The molecule has 1 N–H and O–H groups in total. The number of rotatable bonds is 7. The van der Waals surface area contributed by atoms with Crippen LogP contribution in [0.2, 0.25) is 0 Å². The molecule has 0 fully saturated rings. The van der Waals surface area contributed by atoms with E-state index in [1.165, 1.54) is 23.3 Å². The van der Waals surface area contributed by atoms with E-state index in [4.69, 9.17) is 15.9 Å². The predicted molar refractivity (Wildman–Crippen MR) is 134 cm³/mol. The zero-order valence-electron chi connectivity index (χ0n) is 19.4. The Labute approximate surface area is 198 Å². The van der Waals surface area contributed by atoms with Crippen LogP contribution in [0, 0.1) is 12.3 Å². The molecule has 0 saturated carbocycles. The van der Waals surface area contributed by atoms with Crippen LogP contribution >= 0.6 is 0 Å². The first-order chi connectivity index (χ1) is 16.4. The first kappa shape index (κ1) is 22.9. The number of benzene rings is 3. The summed E-state index contributed by atoms with van der Waals surface area (Å²) in [5.74, 6) is 4.03. The molecule has 4 aromatic rings. The first-order valence-corrected chi connectivity index (χ1v) is 11.0. The van der Waals surface area contributed by atoms with E-state index in [9.17, 15) is 9.90 Å². The average Bonchev–Trinajstić information content (AvgIpc) is 2.85. The van der Waals surface area contributed by atoms with E-state index in [2.05, 4.69) is 24.8 Å². The van der Waals surface area contributed by atoms with Crippen molar-refractivity contribution in [1.82, 2.24) is 9.55 Å². The van der Waals surface area contributed by atoms with Crippen molar-refractivity contribution >= 4 is 10.9 Å². The van der Waals surface area contributed by atoms with Gasteiger partial charge < -0.3 is 14.6 Å². The quantitative estimate of drug-likeness (QED) is 0.400. The molecule has 0 saturated heterocycles. The molecule has 0 aliphatic heterocycles. The SMILES string of the molecule is C#CCOc1ccc2c(c1)c(-c1ccc(C(C)C)cc1)nc(=O)n2Cc1ccc(OC)cc1O. The zero-order chi connectivity index (χ0) is 24.2. The third kappa shape index (κ3) is 4.60. The van der Waals surface area contributed by atoms with Crippen LogP contribution in [0.1, 0.15) is 30.9 Å². The molecular weight excluding hydrogens is 428 g/mol. The lowest BCUT2D eigenvalue weighted by atomic mass is 9.99. The summed E-state index contributed by atoms with van der Waals surface area (Å²) in [6, 6.07) is 18.5. The molecule has 0 aliphatic rings. The van der Waals surface area contributed by atoms with E-state index in [0.29, 0.717) is 34.2 Å². The Balaban J connectivity index is 1.88. The number of hydrogen-bond acceptors (Lipinski definition) is 5. The van der Waals surface area contributed by atoms with Crippen molar-refractivity contribution < 1.29 is 14.6 Å². The molecule has 0 amide bonds. The van der Waals surface area contributed by atoms with Crippen LogP contribution in [0.15, 0.2) is 65.5 Å². The maximum absolute atomic E-state index is 13.2. The Bertz CT molecular complexity index is 1430. The smallest absolute Gasteiger partial charge is 0.348 e. The maximum Gasteiger partial charge on any atom is 0.348 e. The highest BCUT2D eigenvalue weighted by molar-refractivity contribution is 5.93. The van der Waals surface area contributed by atoms with Crippen molar-refractivity contribution in [2.24, 2.45) is 0 Å². The molecule has 4 rings (SSSR count). The molecule has 6 nitrogen and oxygen atoms in total. The Hall–Kier alpha value is -4.24. The van der Waals surface area contributed by atoms with E-state index in [-0.39, 0.29) is 18.9 Å². The van der Waals surface area contributed by atoms with Gasteiger partial charge in [-0.05, 0) is 41.8 Å². The number of phenolic OH excluding ortho intramolecular Hbond substituents is 1. The number of nitrogens with zero attached hydrogens (tertiary/aromatic N) is 2. The molecule has 6 heteroatoms. The maximum atomic E-state index is 13.2. The molecule has 1 aromatic heterocycles. The number of phenols is 1. The summed E-state index contributed by atoms with van der Waals surface area (Å²) in [4.78, 5) is 17.6. The number of terminal acetylenes is 1. The Morgan fingerprint density at radius 1 is 1.06 bits per heavy atom. The van der Waals surface area contributed by atoms with Crippen molar-refractivity contribution in [3.63, 3.8) is 0 Å². The highest BCUT2D eigenvalue weighted by Gasteiger charge is 2.15. The van der Waals surface area contributed by atoms with Crippen LogP contribution in [0.4, 0.5) is 0 Å². The van der Waals surface area contributed by atoms with Gasteiger partial charge in [-0.2, -0.15) is 4.98 Å². The molecule has 0 spiro atoms. The second kappa shape index (κ2) is 9.72. The second-order valence-electron chi connectivity index (χ2n) is 8.27. The van der Waals surface area contributed by atoms with E-state index < -0.39 is 5.69 Å². The average molecular weight is 455 g/mol. The van der Waals surface area contributed by atoms with Crippen LogP contribution in [0.3, 0.4) is 0 Å². The number of ether oxygens (including phenoxy) is 2. The second-order valence-corrected chi connectivity index (χ2v) is 8.27. The minimum Gasteiger partial charge on any atom is -0.507 e. The normalized spacial score (nSPS) is 10.9. The molecule has 3 aromatic carbocycles. The van der Waals surface area contributed by atoms with Crippen molar-refractivity contribution in [3.8, 4) is 40.8 Å². The number of aromatic hydroxyl groups is 1. The molecule has 0 atom stereocenters. The summed E-state index contributed by atoms with van der Waals surface area (Å²) in [6.07, 6.45) is 5.35. The van der Waals surface area contributed by atoms with Gasteiger partial charge in [-0.25, -0.2) is 4.79 Å². The first-order valence-electron chi connectivity index (χ1n) is 11.0. The molecule has 0 radical (unpaired) electrons. The summed E-state index contributed by atoms with van der Waals surface area (Å²) in [6.45, 7) is 4.55. The lowest BCUT2D eigenvalue weighted by Crippen LogP contribution is -2.24. The van der Waals surface area contributed by atoms with Crippen LogP contribution in [-0.4, -0.2) is 28.4 Å². The van der Waals surface area contributed by atoms with Gasteiger partial charge in [0.25, 0.3) is 0 Å².